The largest absolute Gasteiger partial charge is 0.497 e. The number of aliphatic imine (C=N–C) groups is 1. The van der Waals surface area contributed by atoms with Crippen LogP contribution < -0.4 is 15.4 Å². The third kappa shape index (κ3) is 12.0. The van der Waals surface area contributed by atoms with Gasteiger partial charge in [0.05, 0.1) is 13.7 Å². The highest BCUT2D eigenvalue weighted by atomic mass is 127. The van der Waals surface area contributed by atoms with Crippen molar-refractivity contribution < 1.29 is 9.47 Å². The molecule has 0 saturated heterocycles. The molecule has 0 aliphatic heterocycles. The lowest BCUT2D eigenvalue weighted by atomic mass is 10.2. The zero-order valence-electron chi connectivity index (χ0n) is 15.9. The van der Waals surface area contributed by atoms with Crippen LogP contribution in [0.5, 0.6) is 5.75 Å². The Bertz CT molecular complexity index is 527. The van der Waals surface area contributed by atoms with Gasteiger partial charge in [0.25, 0.3) is 0 Å². The monoisotopic (exact) mass is 473 g/mol. The van der Waals surface area contributed by atoms with Gasteiger partial charge >= 0.3 is 0 Å². The normalized spacial score (nSPS) is 10.6. The zero-order valence-corrected chi connectivity index (χ0v) is 18.3. The zero-order chi connectivity index (χ0) is 18.2. The molecular weight excluding hydrogens is 441 g/mol. The molecule has 0 spiro atoms. The molecule has 1 rings (SSSR count). The second kappa shape index (κ2) is 17.0. The molecule has 5 nitrogen and oxygen atoms in total. The van der Waals surface area contributed by atoms with E-state index in [0.29, 0.717) is 6.54 Å². The van der Waals surface area contributed by atoms with Gasteiger partial charge in [-0.25, -0.2) is 4.99 Å². The van der Waals surface area contributed by atoms with Crippen LogP contribution in [0, 0.1) is 12.3 Å². The van der Waals surface area contributed by atoms with E-state index in [4.69, 9.17) is 15.9 Å². The van der Waals surface area contributed by atoms with Crippen LogP contribution in [0.15, 0.2) is 29.3 Å². The van der Waals surface area contributed by atoms with Crippen molar-refractivity contribution in [2.45, 2.75) is 39.2 Å². The lowest BCUT2D eigenvalue weighted by Gasteiger charge is -2.12. The minimum atomic E-state index is 0. The fourth-order valence-corrected chi connectivity index (χ4v) is 2.16. The van der Waals surface area contributed by atoms with E-state index >= 15 is 0 Å². The van der Waals surface area contributed by atoms with Gasteiger partial charge in [-0.1, -0.05) is 12.1 Å². The molecule has 1 aromatic rings. The number of unbranched alkanes of at least 4 members (excludes halogenated alkanes) is 2. The summed E-state index contributed by atoms with van der Waals surface area (Å²) in [6, 6.07) is 7.96. The molecule has 0 saturated carbocycles. The first-order chi connectivity index (χ1) is 12.3. The summed E-state index contributed by atoms with van der Waals surface area (Å²) >= 11 is 0. The van der Waals surface area contributed by atoms with Crippen molar-refractivity contribution in [2.24, 2.45) is 4.99 Å². The number of benzene rings is 1. The minimum Gasteiger partial charge on any atom is -0.497 e. The molecule has 0 aliphatic carbocycles. The van der Waals surface area contributed by atoms with Crippen molar-refractivity contribution in [2.75, 3.05) is 33.4 Å². The van der Waals surface area contributed by atoms with Crippen molar-refractivity contribution in [3.05, 3.63) is 29.8 Å². The second-order valence-electron chi connectivity index (χ2n) is 5.58. The predicted octanol–water partition coefficient (Wildman–Crippen LogP) is 3.58. The third-order valence-electron chi connectivity index (χ3n) is 3.58. The van der Waals surface area contributed by atoms with Gasteiger partial charge in [-0.15, -0.1) is 36.3 Å². The van der Waals surface area contributed by atoms with Crippen molar-refractivity contribution in [1.82, 2.24) is 10.6 Å². The van der Waals surface area contributed by atoms with E-state index in [-0.39, 0.29) is 24.0 Å². The van der Waals surface area contributed by atoms with Crippen molar-refractivity contribution in [3.63, 3.8) is 0 Å². The van der Waals surface area contributed by atoms with Crippen LogP contribution in [0.4, 0.5) is 0 Å². The standard InChI is InChI=1S/C20H31N3O2.HI/c1-4-6-7-8-14-21-20(22-15-9-16-25-5-2)23-17-18-10-12-19(24-3)13-11-18;/h1,10-13H,5-9,14-17H2,2-3H3,(H2,21,22,23);1H. The Morgan fingerprint density at radius 3 is 2.42 bits per heavy atom. The summed E-state index contributed by atoms with van der Waals surface area (Å²) in [5.41, 5.74) is 1.14. The molecule has 1 aromatic carbocycles. The predicted molar refractivity (Wildman–Crippen MR) is 119 cm³/mol. The van der Waals surface area contributed by atoms with Gasteiger partial charge in [-0.05, 0) is 43.9 Å². The molecular formula is C20H32IN3O2. The molecule has 0 unspecified atom stereocenters. The summed E-state index contributed by atoms with van der Waals surface area (Å²) in [4.78, 5) is 4.66. The molecule has 26 heavy (non-hydrogen) atoms. The van der Waals surface area contributed by atoms with Crippen LogP contribution in [0.1, 0.15) is 38.2 Å². The van der Waals surface area contributed by atoms with E-state index < -0.39 is 0 Å². The Balaban J connectivity index is 0.00000625. The number of terminal acetylenes is 1. The number of ether oxygens (including phenoxy) is 2. The fraction of sp³-hybridized carbons (Fsp3) is 0.550. The highest BCUT2D eigenvalue weighted by Crippen LogP contribution is 2.11. The lowest BCUT2D eigenvalue weighted by molar-refractivity contribution is 0.145. The van der Waals surface area contributed by atoms with Gasteiger partial charge < -0.3 is 20.1 Å². The van der Waals surface area contributed by atoms with Crippen molar-refractivity contribution in [1.29, 1.82) is 0 Å². The van der Waals surface area contributed by atoms with Crippen LogP contribution in [-0.4, -0.2) is 39.4 Å². The van der Waals surface area contributed by atoms with Crippen LogP contribution in [-0.2, 0) is 11.3 Å². The van der Waals surface area contributed by atoms with Gasteiger partial charge in [0.2, 0.25) is 0 Å². The van der Waals surface area contributed by atoms with Crippen LogP contribution in [0.3, 0.4) is 0 Å². The van der Waals surface area contributed by atoms with Gasteiger partial charge in [-0.2, -0.15) is 0 Å². The van der Waals surface area contributed by atoms with E-state index in [0.717, 1.165) is 69.3 Å². The highest BCUT2D eigenvalue weighted by molar-refractivity contribution is 14.0. The van der Waals surface area contributed by atoms with E-state index in [2.05, 4.69) is 21.5 Å². The number of methoxy groups -OCH3 is 1. The minimum absolute atomic E-state index is 0. The van der Waals surface area contributed by atoms with E-state index in [9.17, 15) is 0 Å². The lowest BCUT2D eigenvalue weighted by Crippen LogP contribution is -2.38. The molecule has 0 aromatic heterocycles. The van der Waals surface area contributed by atoms with E-state index in [1.54, 1.807) is 7.11 Å². The Morgan fingerprint density at radius 1 is 1.12 bits per heavy atom. The maximum absolute atomic E-state index is 5.36. The summed E-state index contributed by atoms with van der Waals surface area (Å²) in [6.45, 7) is 5.84. The molecule has 0 bridgehead atoms. The number of rotatable bonds is 12. The quantitative estimate of drug-likeness (QED) is 0.160. The van der Waals surface area contributed by atoms with Gasteiger partial charge in [0, 0.05) is 32.7 Å². The fourth-order valence-electron chi connectivity index (χ4n) is 2.16. The number of nitrogens with zero attached hydrogens (tertiary/aromatic N) is 1. The molecule has 0 aliphatic rings. The number of guanidine groups is 1. The number of halogens is 1. The Labute approximate surface area is 175 Å². The molecule has 146 valence electrons. The van der Waals surface area contributed by atoms with E-state index in [1.807, 2.05) is 31.2 Å². The Kier molecular flexibility index (Phi) is 16.0. The molecule has 0 radical (unpaired) electrons. The van der Waals surface area contributed by atoms with E-state index in [1.165, 1.54) is 0 Å². The number of nitrogens with one attached hydrogen (secondary N) is 2. The molecule has 2 N–H and O–H groups in total. The summed E-state index contributed by atoms with van der Waals surface area (Å²) in [5.74, 6) is 4.35. The number of hydrogen-bond acceptors (Lipinski definition) is 3. The average Bonchev–Trinajstić information content (AvgIpc) is 2.65. The smallest absolute Gasteiger partial charge is 0.191 e. The SMILES string of the molecule is C#CCCCCNC(=NCc1ccc(OC)cc1)NCCCOCC.I. The van der Waals surface area contributed by atoms with Gasteiger partial charge in [0.15, 0.2) is 5.96 Å². The summed E-state index contributed by atoms with van der Waals surface area (Å²) in [7, 11) is 1.67. The van der Waals surface area contributed by atoms with Gasteiger partial charge in [-0.3, -0.25) is 0 Å². The highest BCUT2D eigenvalue weighted by Gasteiger charge is 1.99. The third-order valence-corrected chi connectivity index (χ3v) is 3.58. The molecule has 0 amide bonds. The summed E-state index contributed by atoms with van der Waals surface area (Å²) in [6.07, 6.45) is 9.12. The summed E-state index contributed by atoms with van der Waals surface area (Å²) < 4.78 is 10.5. The Morgan fingerprint density at radius 2 is 1.81 bits per heavy atom. The van der Waals surface area contributed by atoms with Crippen molar-refractivity contribution in [3.8, 4) is 18.1 Å². The first-order valence-corrected chi connectivity index (χ1v) is 8.96. The van der Waals surface area contributed by atoms with Gasteiger partial charge in [0.1, 0.15) is 5.75 Å². The maximum atomic E-state index is 5.36. The first-order valence-electron chi connectivity index (χ1n) is 8.96. The Hall–Kier alpha value is -1.46. The molecule has 0 atom stereocenters. The van der Waals surface area contributed by atoms with Crippen LogP contribution >= 0.6 is 24.0 Å². The summed E-state index contributed by atoms with van der Waals surface area (Å²) in [5, 5.41) is 6.72. The number of hydrogen-bond donors (Lipinski definition) is 2. The molecule has 0 fully saturated rings. The van der Waals surface area contributed by atoms with Crippen LogP contribution in [0.25, 0.3) is 0 Å². The van der Waals surface area contributed by atoms with Crippen molar-refractivity contribution >= 4 is 29.9 Å². The second-order valence-corrected chi connectivity index (χ2v) is 5.58. The van der Waals surface area contributed by atoms with Crippen LogP contribution in [0.2, 0.25) is 0 Å². The molecule has 0 heterocycles. The molecule has 6 heteroatoms. The maximum Gasteiger partial charge on any atom is 0.191 e. The topological polar surface area (TPSA) is 54.9 Å². The first kappa shape index (κ1) is 24.5. The average molecular weight is 473 g/mol.